The van der Waals surface area contributed by atoms with Crippen LogP contribution in [0.2, 0.25) is 5.02 Å². The normalized spacial score (nSPS) is 10.2. The van der Waals surface area contributed by atoms with Gasteiger partial charge in [0.05, 0.1) is 0 Å². The van der Waals surface area contributed by atoms with Crippen LogP contribution in [0.4, 0.5) is 17.1 Å². The Morgan fingerprint density at radius 3 is 2.50 bits per heavy atom. The summed E-state index contributed by atoms with van der Waals surface area (Å²) in [4.78, 5) is 16.5. The van der Waals surface area contributed by atoms with Gasteiger partial charge in [0.15, 0.2) is 0 Å². The number of pyridine rings is 1. The molecule has 0 radical (unpaired) electrons. The Hall–Kier alpha value is -2.85. The molecule has 0 unspecified atom stereocenters. The highest BCUT2D eigenvalue weighted by Crippen LogP contribution is 2.19. The first-order valence-electron chi connectivity index (χ1n) is 7.47. The molecule has 5 heteroatoms. The Kier molecular flexibility index (Phi) is 4.77. The topological polar surface area (TPSA) is 54.0 Å². The lowest BCUT2D eigenvalue weighted by Gasteiger charge is -2.09. The molecule has 0 bridgehead atoms. The van der Waals surface area contributed by atoms with Gasteiger partial charge in [-0.1, -0.05) is 35.4 Å². The molecule has 1 heterocycles. The summed E-state index contributed by atoms with van der Waals surface area (Å²) in [5.41, 5.74) is 3.90. The largest absolute Gasteiger partial charge is 0.355 e. The van der Waals surface area contributed by atoms with E-state index in [0.717, 1.165) is 11.4 Å². The maximum absolute atomic E-state index is 12.3. The van der Waals surface area contributed by atoms with E-state index in [1.54, 1.807) is 36.5 Å². The Morgan fingerprint density at radius 2 is 1.75 bits per heavy atom. The molecule has 0 fully saturated rings. The van der Waals surface area contributed by atoms with Gasteiger partial charge in [-0.25, -0.2) is 0 Å². The van der Waals surface area contributed by atoms with Gasteiger partial charge in [0.2, 0.25) is 0 Å². The third-order valence-electron chi connectivity index (χ3n) is 3.42. The highest BCUT2D eigenvalue weighted by molar-refractivity contribution is 6.30. The first-order valence-corrected chi connectivity index (χ1v) is 7.84. The summed E-state index contributed by atoms with van der Waals surface area (Å²) in [5, 5.41) is 6.61. The number of halogens is 1. The average molecular weight is 338 g/mol. The van der Waals surface area contributed by atoms with Crippen molar-refractivity contribution in [2.24, 2.45) is 0 Å². The van der Waals surface area contributed by atoms with E-state index in [1.807, 2.05) is 37.3 Å². The predicted molar refractivity (Wildman–Crippen MR) is 98.1 cm³/mol. The van der Waals surface area contributed by atoms with Gasteiger partial charge in [0.25, 0.3) is 5.91 Å². The first kappa shape index (κ1) is 16.0. The van der Waals surface area contributed by atoms with Gasteiger partial charge in [0, 0.05) is 28.3 Å². The van der Waals surface area contributed by atoms with Gasteiger partial charge >= 0.3 is 0 Å². The Bertz CT molecular complexity index is 862. The summed E-state index contributed by atoms with van der Waals surface area (Å²) < 4.78 is 0. The molecule has 24 heavy (non-hydrogen) atoms. The molecular formula is C19H16ClN3O. The summed E-state index contributed by atoms with van der Waals surface area (Å²) in [6, 6.07) is 18.5. The molecule has 0 saturated carbocycles. The molecule has 120 valence electrons. The standard InChI is InChI=1S/C19H16ClN3O/c1-13-5-7-15(8-6-13)22-17-9-10-21-18(12-17)19(24)23-16-4-2-3-14(20)11-16/h2-12H,1H3,(H,21,22)(H,23,24). The highest BCUT2D eigenvalue weighted by Gasteiger charge is 2.09. The maximum Gasteiger partial charge on any atom is 0.274 e. The lowest BCUT2D eigenvalue weighted by Crippen LogP contribution is -2.13. The van der Waals surface area contributed by atoms with E-state index in [0.29, 0.717) is 16.4 Å². The first-order chi connectivity index (χ1) is 11.6. The molecule has 0 saturated heterocycles. The molecule has 0 aliphatic heterocycles. The predicted octanol–water partition coefficient (Wildman–Crippen LogP) is 5.04. The summed E-state index contributed by atoms with van der Waals surface area (Å²) in [7, 11) is 0. The van der Waals surface area contributed by atoms with E-state index in [4.69, 9.17) is 11.6 Å². The molecule has 3 aromatic rings. The minimum atomic E-state index is -0.287. The number of benzene rings is 2. The van der Waals surface area contributed by atoms with Crippen molar-refractivity contribution >= 4 is 34.6 Å². The number of nitrogens with one attached hydrogen (secondary N) is 2. The smallest absolute Gasteiger partial charge is 0.274 e. The van der Waals surface area contributed by atoms with Crippen LogP contribution >= 0.6 is 11.6 Å². The SMILES string of the molecule is Cc1ccc(Nc2ccnc(C(=O)Nc3cccc(Cl)c3)c2)cc1. The molecule has 2 N–H and O–H groups in total. The molecule has 1 aromatic heterocycles. The van der Waals surface area contributed by atoms with E-state index in [-0.39, 0.29) is 5.91 Å². The van der Waals surface area contributed by atoms with Crippen LogP contribution in [0.25, 0.3) is 0 Å². The summed E-state index contributed by atoms with van der Waals surface area (Å²) in [5.74, 6) is -0.287. The molecule has 0 aliphatic carbocycles. The second-order valence-corrected chi connectivity index (χ2v) is 5.82. The number of carbonyl (C=O) groups excluding carboxylic acids is 1. The molecule has 4 nitrogen and oxygen atoms in total. The number of anilines is 3. The molecule has 0 atom stereocenters. The monoisotopic (exact) mass is 337 g/mol. The fraction of sp³-hybridized carbons (Fsp3) is 0.0526. The number of hydrogen-bond acceptors (Lipinski definition) is 3. The second-order valence-electron chi connectivity index (χ2n) is 5.39. The van der Waals surface area contributed by atoms with Gasteiger partial charge in [-0.15, -0.1) is 0 Å². The van der Waals surface area contributed by atoms with Gasteiger partial charge in [0.1, 0.15) is 5.69 Å². The van der Waals surface area contributed by atoms with E-state index >= 15 is 0 Å². The number of nitrogens with zero attached hydrogens (tertiary/aromatic N) is 1. The fourth-order valence-electron chi connectivity index (χ4n) is 2.20. The zero-order chi connectivity index (χ0) is 16.9. The molecular weight excluding hydrogens is 322 g/mol. The molecule has 2 aromatic carbocycles. The third-order valence-corrected chi connectivity index (χ3v) is 3.65. The van der Waals surface area contributed by atoms with Crippen molar-refractivity contribution < 1.29 is 4.79 Å². The van der Waals surface area contributed by atoms with E-state index in [2.05, 4.69) is 15.6 Å². The van der Waals surface area contributed by atoms with Gasteiger partial charge < -0.3 is 10.6 Å². The molecule has 0 spiro atoms. The van der Waals surface area contributed by atoms with E-state index < -0.39 is 0 Å². The Balaban J connectivity index is 1.74. The summed E-state index contributed by atoms with van der Waals surface area (Å²) in [6.07, 6.45) is 1.60. The van der Waals surface area contributed by atoms with Crippen LogP contribution in [-0.4, -0.2) is 10.9 Å². The Labute approximate surface area is 145 Å². The van der Waals surface area contributed by atoms with Crippen LogP contribution in [0.5, 0.6) is 0 Å². The fourth-order valence-corrected chi connectivity index (χ4v) is 2.39. The lowest BCUT2D eigenvalue weighted by molar-refractivity contribution is 0.102. The number of amides is 1. The highest BCUT2D eigenvalue weighted by atomic mass is 35.5. The van der Waals surface area contributed by atoms with Crippen molar-refractivity contribution in [3.8, 4) is 0 Å². The van der Waals surface area contributed by atoms with Crippen LogP contribution < -0.4 is 10.6 Å². The molecule has 3 rings (SSSR count). The van der Waals surface area contributed by atoms with Crippen LogP contribution in [-0.2, 0) is 0 Å². The number of rotatable bonds is 4. The van der Waals surface area contributed by atoms with Crippen LogP contribution in [0.3, 0.4) is 0 Å². The lowest BCUT2D eigenvalue weighted by atomic mass is 10.2. The minimum absolute atomic E-state index is 0.287. The number of hydrogen-bond donors (Lipinski definition) is 2. The van der Waals surface area contributed by atoms with Crippen molar-refractivity contribution in [2.75, 3.05) is 10.6 Å². The van der Waals surface area contributed by atoms with Crippen LogP contribution in [0, 0.1) is 6.92 Å². The molecule has 0 aliphatic rings. The number of carbonyl (C=O) groups is 1. The Morgan fingerprint density at radius 1 is 0.958 bits per heavy atom. The number of aromatic nitrogens is 1. The van der Waals surface area contributed by atoms with Crippen molar-refractivity contribution in [2.45, 2.75) is 6.92 Å². The van der Waals surface area contributed by atoms with Crippen LogP contribution in [0.15, 0.2) is 66.9 Å². The van der Waals surface area contributed by atoms with Crippen molar-refractivity contribution in [3.63, 3.8) is 0 Å². The zero-order valence-corrected chi connectivity index (χ0v) is 13.8. The number of aryl methyl sites for hydroxylation is 1. The third kappa shape index (κ3) is 4.12. The van der Waals surface area contributed by atoms with Crippen LogP contribution in [0.1, 0.15) is 16.1 Å². The average Bonchev–Trinajstić information content (AvgIpc) is 2.57. The zero-order valence-electron chi connectivity index (χ0n) is 13.1. The minimum Gasteiger partial charge on any atom is -0.355 e. The van der Waals surface area contributed by atoms with Crippen molar-refractivity contribution in [1.82, 2.24) is 4.98 Å². The van der Waals surface area contributed by atoms with Crippen molar-refractivity contribution in [3.05, 3.63) is 83.1 Å². The van der Waals surface area contributed by atoms with Crippen molar-refractivity contribution in [1.29, 1.82) is 0 Å². The maximum atomic E-state index is 12.3. The summed E-state index contributed by atoms with van der Waals surface area (Å²) in [6.45, 7) is 2.04. The molecule has 1 amide bonds. The van der Waals surface area contributed by atoms with Gasteiger partial charge in [-0.05, 0) is 49.4 Å². The van der Waals surface area contributed by atoms with Gasteiger partial charge in [-0.2, -0.15) is 0 Å². The van der Waals surface area contributed by atoms with Gasteiger partial charge in [-0.3, -0.25) is 9.78 Å². The summed E-state index contributed by atoms with van der Waals surface area (Å²) >= 11 is 5.92. The van der Waals surface area contributed by atoms with E-state index in [9.17, 15) is 4.79 Å². The second kappa shape index (κ2) is 7.15. The van der Waals surface area contributed by atoms with E-state index in [1.165, 1.54) is 5.56 Å². The quantitative estimate of drug-likeness (QED) is 0.701.